The Morgan fingerprint density at radius 3 is 2.75 bits per heavy atom. The lowest BCUT2D eigenvalue weighted by molar-refractivity contribution is -0.0203. The fourth-order valence-corrected chi connectivity index (χ4v) is 3.75. The van der Waals surface area contributed by atoms with Crippen molar-refractivity contribution in [1.29, 1.82) is 0 Å². The van der Waals surface area contributed by atoms with Crippen LogP contribution >= 0.6 is 0 Å². The Morgan fingerprint density at radius 2 is 2.07 bits per heavy atom. The number of rotatable bonds is 8. The molecule has 0 radical (unpaired) electrons. The van der Waals surface area contributed by atoms with Gasteiger partial charge in [0.1, 0.15) is 18.0 Å². The highest BCUT2D eigenvalue weighted by molar-refractivity contribution is 5.47. The molecule has 2 N–H and O–H groups in total. The van der Waals surface area contributed by atoms with Crippen LogP contribution < -0.4 is 10.6 Å². The summed E-state index contributed by atoms with van der Waals surface area (Å²) in [5, 5.41) is 11.3. The Labute approximate surface area is 167 Å². The molecule has 1 aliphatic rings. The molecule has 1 aliphatic heterocycles. The van der Waals surface area contributed by atoms with Gasteiger partial charge in [0.05, 0.1) is 24.4 Å². The molecule has 154 valence electrons. The number of nitrogens with one attached hydrogen (secondary N) is 2. The topological polar surface area (TPSA) is 80.1 Å². The second-order valence-corrected chi connectivity index (χ2v) is 8.07. The van der Waals surface area contributed by atoms with E-state index in [1.54, 1.807) is 6.33 Å². The third-order valence-corrected chi connectivity index (χ3v) is 5.23. The van der Waals surface area contributed by atoms with Gasteiger partial charge in [-0.1, -0.05) is 13.8 Å². The van der Waals surface area contributed by atoms with Crippen LogP contribution in [0, 0.1) is 5.92 Å². The molecule has 0 bridgehead atoms. The van der Waals surface area contributed by atoms with E-state index in [-0.39, 0.29) is 18.2 Å². The summed E-state index contributed by atoms with van der Waals surface area (Å²) in [4.78, 5) is 11.0. The second-order valence-electron chi connectivity index (χ2n) is 8.07. The van der Waals surface area contributed by atoms with Gasteiger partial charge in [0.2, 0.25) is 0 Å². The number of aromatic nitrogens is 4. The summed E-state index contributed by atoms with van der Waals surface area (Å²) in [5.41, 5.74) is 1.17. The first kappa shape index (κ1) is 20.5. The van der Waals surface area contributed by atoms with Gasteiger partial charge in [0.15, 0.2) is 0 Å². The van der Waals surface area contributed by atoms with Crippen molar-refractivity contribution in [3.8, 4) is 0 Å². The van der Waals surface area contributed by atoms with Gasteiger partial charge < -0.3 is 20.3 Å². The molecule has 8 nitrogen and oxygen atoms in total. The Bertz CT molecular complexity index is 746. The Hall–Kier alpha value is -2.19. The van der Waals surface area contributed by atoms with Crippen molar-refractivity contribution < 1.29 is 4.74 Å². The molecular weight excluding hydrogens is 354 g/mol. The molecule has 3 heterocycles. The highest BCUT2D eigenvalue weighted by Crippen LogP contribution is 2.24. The molecular formula is C20H33N7O. The number of hydrogen-bond donors (Lipinski definition) is 2. The van der Waals surface area contributed by atoms with E-state index in [0.717, 1.165) is 37.6 Å². The van der Waals surface area contributed by atoms with Gasteiger partial charge in [0, 0.05) is 38.0 Å². The standard InChI is InChI=1S/C20H33N7O/c1-14(2)20-16(7-6-8-28-20)25-19-9-18(22-13-23-19)21-11-17(26(3)4)15-10-24-27(5)12-15/h9-10,12-14,16-17,20H,6-8,11H2,1-5H3,(H2,21,22,23,25). The maximum Gasteiger partial charge on any atom is 0.131 e. The molecule has 3 atom stereocenters. The van der Waals surface area contributed by atoms with E-state index in [0.29, 0.717) is 5.92 Å². The fraction of sp³-hybridized carbons (Fsp3) is 0.650. The Kier molecular flexibility index (Phi) is 6.85. The zero-order valence-corrected chi connectivity index (χ0v) is 17.6. The first-order valence-electron chi connectivity index (χ1n) is 10.0. The summed E-state index contributed by atoms with van der Waals surface area (Å²) in [6.07, 6.45) is 7.95. The van der Waals surface area contributed by atoms with Crippen LogP contribution in [0.2, 0.25) is 0 Å². The molecule has 0 aromatic carbocycles. The summed E-state index contributed by atoms with van der Waals surface area (Å²) < 4.78 is 7.81. The average Bonchev–Trinajstić information content (AvgIpc) is 3.08. The van der Waals surface area contributed by atoms with Crippen molar-refractivity contribution in [2.45, 2.75) is 44.9 Å². The van der Waals surface area contributed by atoms with Crippen molar-refractivity contribution in [1.82, 2.24) is 24.6 Å². The van der Waals surface area contributed by atoms with Gasteiger partial charge in [-0.2, -0.15) is 5.10 Å². The van der Waals surface area contributed by atoms with E-state index in [1.807, 2.05) is 24.0 Å². The molecule has 0 spiro atoms. The first-order valence-corrected chi connectivity index (χ1v) is 10.0. The summed E-state index contributed by atoms with van der Waals surface area (Å²) >= 11 is 0. The van der Waals surface area contributed by atoms with Crippen molar-refractivity contribution in [3.05, 3.63) is 30.4 Å². The molecule has 2 aromatic heterocycles. The SMILES string of the molecule is CC(C)C1OCCCC1Nc1cc(NCC(c2cnn(C)c2)N(C)C)ncn1. The molecule has 3 rings (SSSR count). The highest BCUT2D eigenvalue weighted by Gasteiger charge is 2.28. The number of anilines is 2. The summed E-state index contributed by atoms with van der Waals surface area (Å²) in [6, 6.07) is 2.46. The minimum absolute atomic E-state index is 0.206. The number of nitrogens with zero attached hydrogens (tertiary/aromatic N) is 5. The normalized spacial score (nSPS) is 21.1. The third kappa shape index (κ3) is 5.20. The van der Waals surface area contributed by atoms with E-state index in [2.05, 4.69) is 64.7 Å². The van der Waals surface area contributed by atoms with Gasteiger partial charge in [-0.3, -0.25) is 4.68 Å². The van der Waals surface area contributed by atoms with Crippen LogP contribution in [0.25, 0.3) is 0 Å². The van der Waals surface area contributed by atoms with Crippen molar-refractivity contribution in [2.24, 2.45) is 13.0 Å². The Balaban J connectivity index is 1.64. The number of likely N-dealkylation sites (N-methyl/N-ethyl adjacent to an activating group) is 1. The van der Waals surface area contributed by atoms with Gasteiger partial charge in [-0.05, 0) is 32.9 Å². The highest BCUT2D eigenvalue weighted by atomic mass is 16.5. The molecule has 1 saturated heterocycles. The average molecular weight is 388 g/mol. The third-order valence-electron chi connectivity index (χ3n) is 5.23. The molecule has 0 aliphatic carbocycles. The van der Waals surface area contributed by atoms with Crippen LogP contribution in [0.5, 0.6) is 0 Å². The van der Waals surface area contributed by atoms with E-state index >= 15 is 0 Å². The lowest BCUT2D eigenvalue weighted by atomic mass is 9.94. The van der Waals surface area contributed by atoms with Gasteiger partial charge in [-0.15, -0.1) is 0 Å². The molecule has 1 fully saturated rings. The molecule has 2 aromatic rings. The molecule has 0 saturated carbocycles. The Morgan fingerprint density at radius 1 is 1.29 bits per heavy atom. The van der Waals surface area contributed by atoms with Crippen molar-refractivity contribution >= 4 is 11.6 Å². The van der Waals surface area contributed by atoms with Gasteiger partial charge in [-0.25, -0.2) is 9.97 Å². The van der Waals surface area contributed by atoms with E-state index < -0.39 is 0 Å². The number of aryl methyl sites for hydroxylation is 1. The van der Waals surface area contributed by atoms with Crippen LogP contribution in [0.1, 0.15) is 38.3 Å². The lowest BCUT2D eigenvalue weighted by Crippen LogP contribution is -2.43. The van der Waals surface area contributed by atoms with Crippen molar-refractivity contribution in [3.63, 3.8) is 0 Å². The molecule has 8 heteroatoms. The zero-order chi connectivity index (χ0) is 20.1. The second kappa shape index (κ2) is 9.34. The zero-order valence-electron chi connectivity index (χ0n) is 17.6. The van der Waals surface area contributed by atoms with Crippen LogP contribution in [0.3, 0.4) is 0 Å². The minimum atomic E-state index is 0.206. The summed E-state index contributed by atoms with van der Waals surface area (Å²) in [6.45, 7) is 5.99. The largest absolute Gasteiger partial charge is 0.376 e. The molecule has 0 amide bonds. The van der Waals surface area contributed by atoms with E-state index in [1.165, 1.54) is 5.56 Å². The number of hydrogen-bond acceptors (Lipinski definition) is 7. The van der Waals surface area contributed by atoms with Crippen LogP contribution in [0.4, 0.5) is 11.6 Å². The van der Waals surface area contributed by atoms with E-state index in [4.69, 9.17) is 4.74 Å². The predicted molar refractivity (Wildman–Crippen MR) is 111 cm³/mol. The quantitative estimate of drug-likeness (QED) is 0.720. The summed E-state index contributed by atoms with van der Waals surface area (Å²) in [5.74, 6) is 2.12. The lowest BCUT2D eigenvalue weighted by Gasteiger charge is -2.35. The van der Waals surface area contributed by atoms with Crippen molar-refractivity contribution in [2.75, 3.05) is 37.9 Å². The van der Waals surface area contributed by atoms with Gasteiger partial charge >= 0.3 is 0 Å². The van der Waals surface area contributed by atoms with Crippen LogP contribution in [0.15, 0.2) is 24.8 Å². The maximum absolute atomic E-state index is 5.98. The molecule has 3 unspecified atom stereocenters. The fourth-order valence-electron chi connectivity index (χ4n) is 3.75. The number of ether oxygens (including phenoxy) is 1. The summed E-state index contributed by atoms with van der Waals surface area (Å²) in [7, 11) is 6.08. The van der Waals surface area contributed by atoms with Gasteiger partial charge in [0.25, 0.3) is 0 Å². The minimum Gasteiger partial charge on any atom is -0.376 e. The predicted octanol–water partition coefficient (Wildman–Crippen LogP) is 2.54. The first-order chi connectivity index (χ1) is 13.4. The van der Waals surface area contributed by atoms with Crippen LogP contribution in [-0.2, 0) is 11.8 Å². The maximum atomic E-state index is 5.98. The molecule has 28 heavy (non-hydrogen) atoms. The van der Waals surface area contributed by atoms with Crippen LogP contribution in [-0.4, -0.2) is 64.0 Å². The monoisotopic (exact) mass is 387 g/mol. The van der Waals surface area contributed by atoms with E-state index in [9.17, 15) is 0 Å². The smallest absolute Gasteiger partial charge is 0.131 e.